The molecule has 0 aromatic heterocycles. The summed E-state index contributed by atoms with van der Waals surface area (Å²) in [6.45, 7) is 2.01. The summed E-state index contributed by atoms with van der Waals surface area (Å²) < 4.78 is 15.7. The molecule has 0 heterocycles. The summed E-state index contributed by atoms with van der Waals surface area (Å²) in [6.07, 6.45) is 0. The van der Waals surface area contributed by atoms with E-state index < -0.39 is 0 Å². The van der Waals surface area contributed by atoms with Gasteiger partial charge in [0, 0.05) is 14.5 Å². The highest BCUT2D eigenvalue weighted by atomic mass is 79.9. The molecule has 2 aromatic carbocycles. The molecule has 20 heavy (non-hydrogen) atoms. The summed E-state index contributed by atoms with van der Waals surface area (Å²) in [5.41, 5.74) is 2.63. The van der Waals surface area contributed by atoms with Gasteiger partial charge in [-0.15, -0.1) is 0 Å². The molecule has 2 rings (SSSR count). The standard InChI is InChI=1S/C15H13Br2ClFN/c1-8-3-4-9(11(16)5-8)15(20-2)10-6-13(18)12(17)7-14(10)19/h3-7,15,20H,1-2H3. The second-order valence-corrected chi connectivity index (χ2v) is 6.65. The first-order valence-corrected chi connectivity index (χ1v) is 7.98. The smallest absolute Gasteiger partial charge is 0.129 e. The van der Waals surface area contributed by atoms with Crippen molar-refractivity contribution in [2.75, 3.05) is 7.05 Å². The summed E-state index contributed by atoms with van der Waals surface area (Å²) in [5.74, 6) is -0.298. The molecule has 0 saturated carbocycles. The van der Waals surface area contributed by atoms with Gasteiger partial charge in [0.25, 0.3) is 0 Å². The Balaban J connectivity index is 2.55. The van der Waals surface area contributed by atoms with Gasteiger partial charge >= 0.3 is 0 Å². The number of rotatable bonds is 3. The molecular weight excluding hydrogens is 408 g/mol. The SMILES string of the molecule is CNC(c1cc(Cl)c(Br)cc1F)c1ccc(C)cc1Br. The van der Waals surface area contributed by atoms with Gasteiger partial charge in [0.1, 0.15) is 5.82 Å². The Morgan fingerprint density at radius 2 is 1.80 bits per heavy atom. The molecule has 5 heteroatoms. The van der Waals surface area contributed by atoms with E-state index in [4.69, 9.17) is 11.6 Å². The number of halogens is 4. The lowest BCUT2D eigenvalue weighted by Crippen LogP contribution is -2.19. The van der Waals surface area contributed by atoms with Gasteiger partial charge < -0.3 is 5.32 Å². The van der Waals surface area contributed by atoms with Crippen molar-refractivity contribution < 1.29 is 4.39 Å². The van der Waals surface area contributed by atoms with Crippen LogP contribution >= 0.6 is 43.5 Å². The Kier molecular flexibility index (Phi) is 5.24. The molecule has 0 spiro atoms. The van der Waals surface area contributed by atoms with E-state index in [-0.39, 0.29) is 11.9 Å². The minimum atomic E-state index is -0.298. The molecule has 106 valence electrons. The number of benzene rings is 2. The van der Waals surface area contributed by atoms with Gasteiger partial charge in [0.2, 0.25) is 0 Å². The molecule has 0 radical (unpaired) electrons. The molecule has 1 nitrogen and oxygen atoms in total. The summed E-state index contributed by atoms with van der Waals surface area (Å²) in [6, 6.07) is 8.77. The number of nitrogens with one attached hydrogen (secondary N) is 1. The van der Waals surface area contributed by atoms with Crippen molar-refractivity contribution in [3.05, 3.63) is 66.8 Å². The van der Waals surface area contributed by atoms with Crippen LogP contribution in [0.1, 0.15) is 22.7 Å². The molecule has 2 aromatic rings. The summed E-state index contributed by atoms with van der Waals surface area (Å²) in [7, 11) is 1.80. The fourth-order valence-electron chi connectivity index (χ4n) is 2.10. The molecule has 0 aliphatic rings. The van der Waals surface area contributed by atoms with Crippen LogP contribution in [-0.2, 0) is 0 Å². The van der Waals surface area contributed by atoms with Gasteiger partial charge in [-0.2, -0.15) is 0 Å². The zero-order chi connectivity index (χ0) is 14.9. The van der Waals surface area contributed by atoms with Gasteiger partial charge in [0.05, 0.1) is 11.1 Å². The minimum Gasteiger partial charge on any atom is -0.309 e. The van der Waals surface area contributed by atoms with Gasteiger partial charge in [-0.1, -0.05) is 39.7 Å². The number of hydrogen-bond acceptors (Lipinski definition) is 1. The van der Waals surface area contributed by atoms with Crippen molar-refractivity contribution in [2.24, 2.45) is 0 Å². The highest BCUT2D eigenvalue weighted by molar-refractivity contribution is 9.10. The van der Waals surface area contributed by atoms with Gasteiger partial charge in [0.15, 0.2) is 0 Å². The highest BCUT2D eigenvalue weighted by Gasteiger charge is 2.20. The van der Waals surface area contributed by atoms with Crippen LogP contribution in [0.5, 0.6) is 0 Å². The molecule has 0 bridgehead atoms. The lowest BCUT2D eigenvalue weighted by molar-refractivity contribution is 0.574. The monoisotopic (exact) mass is 419 g/mol. The second kappa shape index (κ2) is 6.56. The maximum atomic E-state index is 14.2. The van der Waals surface area contributed by atoms with E-state index in [1.54, 1.807) is 13.1 Å². The third-order valence-corrected chi connectivity index (χ3v) is 4.99. The van der Waals surface area contributed by atoms with E-state index in [1.165, 1.54) is 6.07 Å². The Hall–Kier alpha value is -0.420. The van der Waals surface area contributed by atoms with Crippen molar-refractivity contribution in [2.45, 2.75) is 13.0 Å². The maximum Gasteiger partial charge on any atom is 0.129 e. The van der Waals surface area contributed by atoms with Crippen LogP contribution < -0.4 is 5.32 Å². The molecule has 0 fully saturated rings. The highest BCUT2D eigenvalue weighted by Crippen LogP contribution is 2.34. The van der Waals surface area contributed by atoms with Crippen LogP contribution in [0.25, 0.3) is 0 Å². The normalized spacial score (nSPS) is 12.5. The first kappa shape index (κ1) is 16.0. The predicted octanol–water partition coefficient (Wildman–Crippen LogP) is 5.62. The quantitative estimate of drug-likeness (QED) is 0.634. The zero-order valence-electron chi connectivity index (χ0n) is 11.0. The van der Waals surface area contributed by atoms with E-state index in [9.17, 15) is 4.39 Å². The average Bonchev–Trinajstić information content (AvgIpc) is 2.38. The van der Waals surface area contributed by atoms with Crippen LogP contribution in [-0.4, -0.2) is 7.05 Å². The number of hydrogen-bond donors (Lipinski definition) is 1. The van der Waals surface area contributed by atoms with Crippen LogP contribution in [0.4, 0.5) is 4.39 Å². The van der Waals surface area contributed by atoms with E-state index in [0.29, 0.717) is 15.1 Å². The fourth-order valence-corrected chi connectivity index (χ4v) is 3.31. The lowest BCUT2D eigenvalue weighted by Gasteiger charge is -2.20. The second-order valence-electron chi connectivity index (χ2n) is 4.53. The molecule has 0 amide bonds. The molecule has 1 unspecified atom stereocenters. The first-order valence-electron chi connectivity index (χ1n) is 6.01. The van der Waals surface area contributed by atoms with Crippen molar-refractivity contribution in [1.29, 1.82) is 0 Å². The van der Waals surface area contributed by atoms with Crippen LogP contribution in [0, 0.1) is 12.7 Å². The van der Waals surface area contributed by atoms with Gasteiger partial charge in [-0.3, -0.25) is 0 Å². The van der Waals surface area contributed by atoms with Crippen molar-refractivity contribution >= 4 is 43.5 Å². The van der Waals surface area contributed by atoms with Gasteiger partial charge in [-0.05, 0) is 59.2 Å². The van der Waals surface area contributed by atoms with Crippen LogP contribution in [0.2, 0.25) is 5.02 Å². The van der Waals surface area contributed by atoms with Crippen LogP contribution in [0.3, 0.4) is 0 Å². The third-order valence-electron chi connectivity index (χ3n) is 3.11. The minimum absolute atomic E-state index is 0.268. The van der Waals surface area contributed by atoms with Gasteiger partial charge in [-0.25, -0.2) is 4.39 Å². The summed E-state index contributed by atoms with van der Waals surface area (Å²) in [5, 5.41) is 3.63. The number of aryl methyl sites for hydroxylation is 1. The van der Waals surface area contributed by atoms with E-state index in [2.05, 4.69) is 37.2 Å². The van der Waals surface area contributed by atoms with E-state index in [0.717, 1.165) is 15.6 Å². The predicted molar refractivity (Wildman–Crippen MR) is 88.9 cm³/mol. The fraction of sp³-hybridized carbons (Fsp3) is 0.200. The molecule has 0 aliphatic carbocycles. The van der Waals surface area contributed by atoms with Crippen LogP contribution in [0.15, 0.2) is 39.3 Å². The average molecular weight is 422 g/mol. The largest absolute Gasteiger partial charge is 0.309 e. The molecule has 0 aliphatic heterocycles. The molecular formula is C15H13Br2ClFN. The summed E-state index contributed by atoms with van der Waals surface area (Å²) in [4.78, 5) is 0. The van der Waals surface area contributed by atoms with Crippen molar-refractivity contribution in [1.82, 2.24) is 5.32 Å². The third kappa shape index (κ3) is 3.25. The molecule has 1 N–H and O–H groups in total. The van der Waals surface area contributed by atoms with Crippen molar-refractivity contribution in [3.8, 4) is 0 Å². The molecule has 0 saturated heterocycles. The van der Waals surface area contributed by atoms with Crippen molar-refractivity contribution in [3.63, 3.8) is 0 Å². The van der Waals surface area contributed by atoms with E-state index in [1.807, 2.05) is 25.1 Å². The zero-order valence-corrected chi connectivity index (χ0v) is 14.9. The maximum absolute atomic E-state index is 14.2. The Bertz CT molecular complexity index is 646. The molecule has 1 atom stereocenters. The Morgan fingerprint density at radius 1 is 1.10 bits per heavy atom. The topological polar surface area (TPSA) is 12.0 Å². The summed E-state index contributed by atoms with van der Waals surface area (Å²) >= 11 is 12.9. The lowest BCUT2D eigenvalue weighted by atomic mass is 9.97. The first-order chi connectivity index (χ1) is 9.43. The Morgan fingerprint density at radius 3 is 2.40 bits per heavy atom. The van der Waals surface area contributed by atoms with E-state index >= 15 is 0 Å². The Labute approximate surface area is 139 Å².